The number of anilines is 5. The summed E-state index contributed by atoms with van der Waals surface area (Å²) >= 11 is 3.49. The fourth-order valence-corrected chi connectivity index (χ4v) is 3.99. The van der Waals surface area contributed by atoms with Crippen molar-refractivity contribution in [1.82, 2.24) is 15.0 Å². The van der Waals surface area contributed by atoms with Gasteiger partial charge in [0.2, 0.25) is 17.8 Å². The maximum atomic E-state index is 5.47. The highest BCUT2D eigenvalue weighted by Gasteiger charge is 2.16. The van der Waals surface area contributed by atoms with Gasteiger partial charge in [0.1, 0.15) is 0 Å². The van der Waals surface area contributed by atoms with Gasteiger partial charge in [-0.3, -0.25) is 0 Å². The Morgan fingerprint density at radius 3 is 2.47 bits per heavy atom. The molecule has 1 aliphatic rings. The van der Waals surface area contributed by atoms with Gasteiger partial charge in [-0.1, -0.05) is 34.1 Å². The van der Waals surface area contributed by atoms with E-state index < -0.39 is 0 Å². The summed E-state index contributed by atoms with van der Waals surface area (Å²) in [7, 11) is 0. The van der Waals surface area contributed by atoms with Gasteiger partial charge in [-0.15, -0.1) is 0 Å². The molecule has 2 N–H and O–H groups in total. The number of morpholine rings is 1. The van der Waals surface area contributed by atoms with Crippen molar-refractivity contribution < 1.29 is 4.74 Å². The number of hydrogen-bond acceptors (Lipinski definition) is 9. The first-order chi connectivity index (χ1) is 16.6. The van der Waals surface area contributed by atoms with Gasteiger partial charge in [-0.2, -0.15) is 20.1 Å². The van der Waals surface area contributed by atoms with Gasteiger partial charge in [0, 0.05) is 42.0 Å². The number of hydrazone groups is 1. The van der Waals surface area contributed by atoms with E-state index in [9.17, 15) is 0 Å². The third-order valence-electron chi connectivity index (χ3n) is 5.40. The molecule has 178 valence electrons. The molecular weight excluding hydrogens is 496 g/mol. The maximum Gasteiger partial charge on any atom is 0.250 e. The van der Waals surface area contributed by atoms with Crippen molar-refractivity contribution in [3.63, 3.8) is 0 Å². The van der Waals surface area contributed by atoms with Gasteiger partial charge in [0.05, 0.1) is 19.4 Å². The lowest BCUT2D eigenvalue weighted by Crippen LogP contribution is -2.37. The molecule has 0 amide bonds. The molecule has 9 nitrogen and oxygen atoms in total. The second-order valence-electron chi connectivity index (χ2n) is 7.65. The third-order valence-corrected chi connectivity index (χ3v) is 5.89. The normalized spacial score (nSPS) is 13.8. The quantitative estimate of drug-likeness (QED) is 0.312. The molecule has 10 heteroatoms. The Balaban J connectivity index is 1.51. The topological polar surface area (TPSA) is 90.8 Å². The van der Waals surface area contributed by atoms with E-state index in [1.807, 2.05) is 36.4 Å². The van der Waals surface area contributed by atoms with Crippen molar-refractivity contribution in [1.29, 1.82) is 0 Å². The van der Waals surface area contributed by atoms with Crippen LogP contribution in [0.15, 0.2) is 58.1 Å². The fraction of sp³-hybridized carbons (Fsp3) is 0.333. The summed E-state index contributed by atoms with van der Waals surface area (Å²) in [5, 5.41) is 7.61. The predicted molar refractivity (Wildman–Crippen MR) is 142 cm³/mol. The first-order valence-electron chi connectivity index (χ1n) is 11.4. The second-order valence-corrected chi connectivity index (χ2v) is 8.57. The van der Waals surface area contributed by atoms with Gasteiger partial charge < -0.3 is 19.9 Å². The van der Waals surface area contributed by atoms with E-state index >= 15 is 0 Å². The van der Waals surface area contributed by atoms with E-state index in [4.69, 9.17) is 4.74 Å². The van der Waals surface area contributed by atoms with Crippen LogP contribution in [0.5, 0.6) is 0 Å². The Bertz CT molecular complexity index is 1100. The van der Waals surface area contributed by atoms with E-state index in [0.29, 0.717) is 31.1 Å². The van der Waals surface area contributed by atoms with Crippen molar-refractivity contribution in [3.05, 3.63) is 58.6 Å². The van der Waals surface area contributed by atoms with E-state index in [0.717, 1.165) is 41.9 Å². The molecule has 1 saturated heterocycles. The lowest BCUT2D eigenvalue weighted by atomic mass is 10.2. The van der Waals surface area contributed by atoms with Crippen LogP contribution in [0.2, 0.25) is 0 Å². The van der Waals surface area contributed by atoms with E-state index in [1.165, 1.54) is 5.69 Å². The standard InChI is InChI=1S/C24H29BrN8O/c1-3-32(4-2)21-10-8-18(9-11-21)17-26-31-23-28-22(27-20-7-5-6-19(25)16-20)29-24(30-23)33-12-14-34-15-13-33/h5-11,16-17H,3-4,12-15H2,1-2H3,(H2,27,28,29,30,31). The number of aromatic nitrogens is 3. The summed E-state index contributed by atoms with van der Waals surface area (Å²) in [6, 6.07) is 16.1. The van der Waals surface area contributed by atoms with E-state index in [-0.39, 0.29) is 0 Å². The first-order valence-corrected chi connectivity index (χ1v) is 12.2. The number of nitrogens with zero attached hydrogens (tertiary/aromatic N) is 6. The van der Waals surface area contributed by atoms with Crippen LogP contribution in [0.3, 0.4) is 0 Å². The molecule has 2 heterocycles. The summed E-state index contributed by atoms with van der Waals surface area (Å²) in [6.07, 6.45) is 1.76. The van der Waals surface area contributed by atoms with Gasteiger partial charge in [0.25, 0.3) is 0 Å². The summed E-state index contributed by atoms with van der Waals surface area (Å²) < 4.78 is 6.43. The third kappa shape index (κ3) is 6.42. The molecule has 3 aromatic rings. The van der Waals surface area contributed by atoms with Crippen LogP contribution in [0.25, 0.3) is 0 Å². The fourth-order valence-electron chi connectivity index (χ4n) is 3.60. The molecule has 34 heavy (non-hydrogen) atoms. The number of benzene rings is 2. The van der Waals surface area contributed by atoms with E-state index in [1.54, 1.807) is 6.21 Å². The van der Waals surface area contributed by atoms with Crippen molar-refractivity contribution >= 4 is 51.4 Å². The van der Waals surface area contributed by atoms with Crippen molar-refractivity contribution in [3.8, 4) is 0 Å². The minimum atomic E-state index is 0.366. The molecule has 2 aromatic carbocycles. The predicted octanol–water partition coefficient (Wildman–Crippen LogP) is 4.51. The largest absolute Gasteiger partial charge is 0.378 e. The molecule has 0 unspecified atom stereocenters. The monoisotopic (exact) mass is 524 g/mol. The average Bonchev–Trinajstić information content (AvgIpc) is 2.86. The Hall–Kier alpha value is -3.24. The Morgan fingerprint density at radius 2 is 1.76 bits per heavy atom. The smallest absolute Gasteiger partial charge is 0.250 e. The zero-order valence-corrected chi connectivity index (χ0v) is 21.0. The van der Waals surface area contributed by atoms with Crippen molar-refractivity contribution in [2.24, 2.45) is 5.10 Å². The highest BCUT2D eigenvalue weighted by molar-refractivity contribution is 9.10. The first kappa shape index (κ1) is 23.9. The number of hydrogen-bond donors (Lipinski definition) is 2. The number of ether oxygens (including phenoxy) is 1. The summed E-state index contributed by atoms with van der Waals surface area (Å²) in [5.74, 6) is 1.39. The van der Waals surface area contributed by atoms with Gasteiger partial charge in [-0.05, 0) is 49.7 Å². The summed E-state index contributed by atoms with van der Waals surface area (Å²) in [4.78, 5) is 18.1. The minimum Gasteiger partial charge on any atom is -0.378 e. The summed E-state index contributed by atoms with van der Waals surface area (Å²) in [5.41, 5.74) is 6.02. The molecule has 1 aliphatic heterocycles. The number of rotatable bonds is 9. The van der Waals surface area contributed by atoms with Crippen LogP contribution in [0.1, 0.15) is 19.4 Å². The Morgan fingerprint density at radius 1 is 1.03 bits per heavy atom. The number of halogens is 1. The zero-order chi connectivity index (χ0) is 23.8. The second kappa shape index (κ2) is 11.8. The molecular formula is C24H29BrN8O. The molecule has 0 saturated carbocycles. The Labute approximate surface area is 208 Å². The van der Waals surface area contributed by atoms with Crippen LogP contribution in [0, 0.1) is 0 Å². The highest BCUT2D eigenvalue weighted by Crippen LogP contribution is 2.21. The van der Waals surface area contributed by atoms with Crippen LogP contribution in [0.4, 0.5) is 29.2 Å². The van der Waals surface area contributed by atoms with Crippen LogP contribution in [-0.2, 0) is 4.74 Å². The lowest BCUT2D eigenvalue weighted by molar-refractivity contribution is 0.122. The van der Waals surface area contributed by atoms with Gasteiger partial charge >= 0.3 is 0 Å². The highest BCUT2D eigenvalue weighted by atomic mass is 79.9. The van der Waals surface area contributed by atoms with Crippen molar-refractivity contribution in [2.45, 2.75) is 13.8 Å². The van der Waals surface area contributed by atoms with Gasteiger partial charge in [0.15, 0.2) is 0 Å². The van der Waals surface area contributed by atoms with Crippen LogP contribution in [-0.4, -0.2) is 60.6 Å². The molecule has 0 aliphatic carbocycles. The Kier molecular flexibility index (Phi) is 8.26. The van der Waals surface area contributed by atoms with Crippen LogP contribution < -0.4 is 20.5 Å². The molecule has 0 atom stereocenters. The molecule has 0 spiro atoms. The SMILES string of the molecule is CCN(CC)c1ccc(C=NNc2nc(Nc3cccc(Br)c3)nc(N3CCOCC3)n2)cc1. The molecule has 4 rings (SSSR count). The van der Waals surface area contributed by atoms with E-state index in [2.05, 4.69) is 82.5 Å². The number of nitrogens with one attached hydrogen (secondary N) is 2. The summed E-state index contributed by atoms with van der Waals surface area (Å²) in [6.45, 7) is 9.00. The van der Waals surface area contributed by atoms with Crippen LogP contribution >= 0.6 is 15.9 Å². The maximum absolute atomic E-state index is 5.47. The minimum absolute atomic E-state index is 0.366. The van der Waals surface area contributed by atoms with Crippen molar-refractivity contribution in [2.75, 3.05) is 59.9 Å². The lowest BCUT2D eigenvalue weighted by Gasteiger charge is -2.27. The molecule has 0 bridgehead atoms. The average molecular weight is 525 g/mol. The molecule has 0 radical (unpaired) electrons. The zero-order valence-electron chi connectivity index (χ0n) is 19.4. The van der Waals surface area contributed by atoms with Gasteiger partial charge in [-0.25, -0.2) is 5.43 Å². The molecule has 1 fully saturated rings. The molecule has 1 aromatic heterocycles.